The van der Waals surface area contributed by atoms with Crippen LogP contribution in [0.4, 0.5) is 5.82 Å². The van der Waals surface area contributed by atoms with E-state index in [4.69, 9.17) is 4.74 Å². The monoisotopic (exact) mass is 324 g/mol. The molecule has 9 nitrogen and oxygen atoms in total. The second-order valence-corrected chi connectivity index (χ2v) is 5.92. The smallest absolute Gasteiger partial charge is 0.406 e. The van der Waals surface area contributed by atoms with Gasteiger partial charge in [-0.15, -0.1) is 0 Å². The van der Waals surface area contributed by atoms with Crippen molar-refractivity contribution in [2.45, 2.75) is 26.3 Å². The average molecular weight is 324 g/mol. The summed E-state index contributed by atoms with van der Waals surface area (Å²) in [6.45, 7) is 4.94. The molecule has 0 aliphatic rings. The van der Waals surface area contributed by atoms with Crippen LogP contribution in [0.25, 0.3) is 0 Å². The number of nitrogens with one attached hydrogen (secondary N) is 1. The minimum atomic E-state index is -0.694. The van der Waals surface area contributed by atoms with Crippen molar-refractivity contribution in [2.75, 3.05) is 20.2 Å². The molecule has 0 saturated heterocycles. The highest BCUT2D eigenvalue weighted by molar-refractivity contribution is 5.85. The fourth-order valence-electron chi connectivity index (χ4n) is 1.64. The largest absolute Gasteiger partial charge is 0.476 e. The Balaban J connectivity index is 2.57. The normalized spacial score (nSPS) is 10.8. The lowest BCUT2D eigenvalue weighted by molar-refractivity contribution is -0.390. The maximum absolute atomic E-state index is 11.9. The molecule has 0 spiro atoms. The SMILES string of the molecule is CN(CC(=O)NC(C)(C)C)C(=O)COc1cccnc1[N+](=O)[O-]. The molecule has 0 fully saturated rings. The van der Waals surface area contributed by atoms with E-state index in [1.54, 1.807) is 0 Å². The Morgan fingerprint density at radius 3 is 2.65 bits per heavy atom. The number of pyridine rings is 1. The summed E-state index contributed by atoms with van der Waals surface area (Å²) in [5.74, 6) is -1.35. The van der Waals surface area contributed by atoms with Crippen molar-refractivity contribution in [3.05, 3.63) is 28.4 Å². The number of amides is 2. The number of nitrogens with zero attached hydrogens (tertiary/aromatic N) is 3. The number of ether oxygens (including phenoxy) is 1. The van der Waals surface area contributed by atoms with E-state index in [2.05, 4.69) is 10.3 Å². The molecule has 1 aromatic rings. The lowest BCUT2D eigenvalue weighted by Gasteiger charge is -2.23. The molecule has 0 aliphatic heterocycles. The Morgan fingerprint density at radius 2 is 2.09 bits per heavy atom. The third kappa shape index (κ3) is 6.29. The molecule has 2 amide bonds. The van der Waals surface area contributed by atoms with Gasteiger partial charge in [0.1, 0.15) is 6.20 Å². The molecular formula is C14H20N4O5. The maximum Gasteiger partial charge on any atom is 0.406 e. The van der Waals surface area contributed by atoms with E-state index in [0.29, 0.717) is 0 Å². The molecule has 126 valence electrons. The maximum atomic E-state index is 11.9. The summed E-state index contributed by atoms with van der Waals surface area (Å²) < 4.78 is 5.14. The minimum Gasteiger partial charge on any atom is -0.476 e. The van der Waals surface area contributed by atoms with Gasteiger partial charge in [0.05, 0.1) is 6.54 Å². The summed E-state index contributed by atoms with van der Waals surface area (Å²) >= 11 is 0. The average Bonchev–Trinajstić information content (AvgIpc) is 2.42. The number of hydrogen-bond donors (Lipinski definition) is 1. The Bertz CT molecular complexity index is 597. The highest BCUT2D eigenvalue weighted by Gasteiger charge is 2.20. The lowest BCUT2D eigenvalue weighted by Crippen LogP contribution is -2.47. The zero-order valence-electron chi connectivity index (χ0n) is 13.5. The van der Waals surface area contributed by atoms with Gasteiger partial charge in [0.2, 0.25) is 11.7 Å². The van der Waals surface area contributed by atoms with Crippen LogP contribution in [0.5, 0.6) is 5.75 Å². The van der Waals surface area contributed by atoms with E-state index < -0.39 is 28.8 Å². The van der Waals surface area contributed by atoms with Gasteiger partial charge in [0, 0.05) is 12.6 Å². The molecule has 0 bridgehead atoms. The summed E-state index contributed by atoms with van der Waals surface area (Å²) in [6, 6.07) is 2.82. The molecule has 1 N–H and O–H groups in total. The van der Waals surface area contributed by atoms with E-state index in [1.165, 1.54) is 30.3 Å². The molecule has 1 aromatic heterocycles. The number of rotatable bonds is 6. The van der Waals surface area contributed by atoms with E-state index in [0.717, 1.165) is 0 Å². The topological polar surface area (TPSA) is 115 Å². The zero-order chi connectivity index (χ0) is 17.6. The second kappa shape index (κ2) is 7.52. The van der Waals surface area contributed by atoms with Gasteiger partial charge in [0.15, 0.2) is 6.61 Å². The summed E-state index contributed by atoms with van der Waals surface area (Å²) in [4.78, 5) is 38.5. The molecule has 0 saturated carbocycles. The van der Waals surface area contributed by atoms with Crippen molar-refractivity contribution < 1.29 is 19.2 Å². The predicted octanol–water partition coefficient (Wildman–Crippen LogP) is 0.742. The van der Waals surface area contributed by atoms with Crippen LogP contribution in [-0.2, 0) is 9.59 Å². The molecule has 1 heterocycles. The van der Waals surface area contributed by atoms with Gasteiger partial charge in [0.25, 0.3) is 5.91 Å². The number of aromatic nitrogens is 1. The van der Waals surface area contributed by atoms with Crippen LogP contribution in [0.1, 0.15) is 20.8 Å². The summed E-state index contributed by atoms with van der Waals surface area (Å²) in [7, 11) is 1.45. The van der Waals surface area contributed by atoms with E-state index in [9.17, 15) is 19.7 Å². The fourth-order valence-corrected chi connectivity index (χ4v) is 1.64. The van der Waals surface area contributed by atoms with Gasteiger partial charge in [-0.25, -0.2) is 0 Å². The van der Waals surface area contributed by atoms with Crippen molar-refractivity contribution >= 4 is 17.6 Å². The third-order valence-corrected chi connectivity index (χ3v) is 2.60. The Hall–Kier alpha value is -2.71. The summed E-state index contributed by atoms with van der Waals surface area (Å²) in [5, 5.41) is 13.5. The van der Waals surface area contributed by atoms with Gasteiger partial charge in [-0.1, -0.05) is 0 Å². The van der Waals surface area contributed by atoms with E-state index in [-0.39, 0.29) is 18.2 Å². The molecule has 23 heavy (non-hydrogen) atoms. The van der Waals surface area contributed by atoms with Crippen LogP contribution in [0.2, 0.25) is 0 Å². The molecule has 0 unspecified atom stereocenters. The van der Waals surface area contributed by atoms with E-state index >= 15 is 0 Å². The first-order chi connectivity index (χ1) is 10.6. The van der Waals surface area contributed by atoms with Crippen LogP contribution in [-0.4, -0.2) is 52.4 Å². The third-order valence-electron chi connectivity index (χ3n) is 2.60. The molecule has 0 aromatic carbocycles. The first-order valence-electron chi connectivity index (χ1n) is 6.87. The van der Waals surface area contributed by atoms with Gasteiger partial charge >= 0.3 is 5.82 Å². The molecular weight excluding hydrogens is 304 g/mol. The number of carbonyl (C=O) groups is 2. The van der Waals surface area contributed by atoms with E-state index in [1.807, 2.05) is 20.8 Å². The Morgan fingerprint density at radius 1 is 1.43 bits per heavy atom. The number of nitro groups is 1. The standard InChI is InChI=1S/C14H20N4O5/c1-14(2,3)16-11(19)8-17(4)12(20)9-23-10-6-5-7-15-13(10)18(21)22/h5-7H,8-9H2,1-4H3,(H,16,19). The number of likely N-dealkylation sites (N-methyl/N-ethyl adjacent to an activating group) is 1. The summed E-state index contributed by atoms with van der Waals surface area (Å²) in [6.07, 6.45) is 1.26. The van der Waals surface area contributed by atoms with Gasteiger partial charge in [-0.3, -0.25) is 9.59 Å². The highest BCUT2D eigenvalue weighted by atomic mass is 16.6. The van der Waals surface area contributed by atoms with Crippen LogP contribution in [0.15, 0.2) is 18.3 Å². The second-order valence-electron chi connectivity index (χ2n) is 5.92. The van der Waals surface area contributed by atoms with Crippen molar-refractivity contribution in [1.29, 1.82) is 0 Å². The molecule has 0 atom stereocenters. The molecule has 9 heteroatoms. The Labute approximate surface area is 133 Å². The quantitative estimate of drug-likeness (QED) is 0.609. The zero-order valence-corrected chi connectivity index (χ0v) is 13.5. The van der Waals surface area contributed by atoms with Crippen molar-refractivity contribution in [2.24, 2.45) is 0 Å². The summed E-state index contributed by atoms with van der Waals surface area (Å²) in [5.41, 5.74) is -0.395. The van der Waals surface area contributed by atoms with Crippen LogP contribution >= 0.6 is 0 Å². The van der Waals surface area contributed by atoms with Gasteiger partial charge < -0.3 is 25.1 Å². The van der Waals surface area contributed by atoms with Gasteiger partial charge in [-0.2, -0.15) is 0 Å². The highest BCUT2D eigenvalue weighted by Crippen LogP contribution is 2.22. The van der Waals surface area contributed by atoms with Crippen LogP contribution in [0.3, 0.4) is 0 Å². The van der Waals surface area contributed by atoms with Crippen molar-refractivity contribution in [3.63, 3.8) is 0 Å². The molecule has 0 radical (unpaired) electrons. The van der Waals surface area contributed by atoms with Crippen molar-refractivity contribution in [3.8, 4) is 5.75 Å². The van der Waals surface area contributed by atoms with Crippen LogP contribution < -0.4 is 10.1 Å². The minimum absolute atomic E-state index is 0.0987. The van der Waals surface area contributed by atoms with Gasteiger partial charge in [-0.05, 0) is 42.8 Å². The first kappa shape index (κ1) is 18.3. The number of carbonyl (C=O) groups excluding carboxylic acids is 2. The number of hydrogen-bond acceptors (Lipinski definition) is 6. The van der Waals surface area contributed by atoms with Crippen LogP contribution in [0, 0.1) is 10.1 Å². The fraction of sp³-hybridized carbons (Fsp3) is 0.500. The Kier molecular flexibility index (Phi) is 6.00. The predicted molar refractivity (Wildman–Crippen MR) is 81.9 cm³/mol. The molecule has 0 aliphatic carbocycles. The first-order valence-corrected chi connectivity index (χ1v) is 6.87. The van der Waals surface area contributed by atoms with Crippen molar-refractivity contribution in [1.82, 2.24) is 15.2 Å². The lowest BCUT2D eigenvalue weighted by atomic mass is 10.1. The molecule has 1 rings (SSSR count).